The lowest BCUT2D eigenvalue weighted by molar-refractivity contribution is -0.167. The van der Waals surface area contributed by atoms with E-state index in [9.17, 15) is 14.4 Å². The molecule has 0 saturated carbocycles. The lowest BCUT2D eigenvalue weighted by Crippen LogP contribution is -2.30. The molecule has 0 heterocycles. The standard InChI is InChI=1S/C58H94O6/c1-4-7-10-13-16-19-22-25-27-28-29-30-31-34-36-39-42-45-48-51-57(60)63-54-55(53-62-56(59)50-47-44-41-38-35-32-24-21-18-15-12-9-6-3)64-58(61)52-49-46-43-40-37-33-26-23-20-17-14-11-8-5-2/h8-9,11-12,15-22,24-25,32,35,38,41,55H,4-7,10,13-14,23,26-31,33-34,36-37,39-40,42-54H2,1-3H3/b11-8+,12-9+,18-15+,19-16+,20-17+,24-21+,25-22+,35-32+,41-38+. The second kappa shape index (κ2) is 51.7. The van der Waals surface area contributed by atoms with Gasteiger partial charge in [0.1, 0.15) is 13.2 Å². The van der Waals surface area contributed by atoms with Gasteiger partial charge in [-0.05, 0) is 83.5 Å². The Kier molecular flexibility index (Phi) is 48.5. The van der Waals surface area contributed by atoms with Crippen molar-refractivity contribution in [3.63, 3.8) is 0 Å². The third kappa shape index (κ3) is 49.1. The number of carbonyl (C=O) groups excluding carboxylic acids is 3. The van der Waals surface area contributed by atoms with Gasteiger partial charge < -0.3 is 14.2 Å². The van der Waals surface area contributed by atoms with Gasteiger partial charge in [0, 0.05) is 19.3 Å². The lowest BCUT2D eigenvalue weighted by atomic mass is 10.1. The van der Waals surface area contributed by atoms with Crippen LogP contribution in [0.4, 0.5) is 0 Å². The Morgan fingerprint density at radius 2 is 0.703 bits per heavy atom. The molecule has 0 aliphatic carbocycles. The van der Waals surface area contributed by atoms with Crippen molar-refractivity contribution in [1.82, 2.24) is 0 Å². The zero-order chi connectivity index (χ0) is 46.5. The molecule has 0 fully saturated rings. The Morgan fingerprint density at radius 1 is 0.344 bits per heavy atom. The Morgan fingerprint density at radius 3 is 1.20 bits per heavy atom. The van der Waals surface area contributed by atoms with Crippen molar-refractivity contribution in [3.8, 4) is 0 Å². The number of hydrogen-bond donors (Lipinski definition) is 0. The highest BCUT2D eigenvalue weighted by atomic mass is 16.6. The molecular weight excluding hydrogens is 793 g/mol. The van der Waals surface area contributed by atoms with E-state index < -0.39 is 6.10 Å². The summed E-state index contributed by atoms with van der Waals surface area (Å²) in [7, 11) is 0. The minimum Gasteiger partial charge on any atom is -0.462 e. The van der Waals surface area contributed by atoms with Crippen LogP contribution in [0.5, 0.6) is 0 Å². The number of esters is 3. The first kappa shape index (κ1) is 60.1. The van der Waals surface area contributed by atoms with E-state index >= 15 is 0 Å². The molecule has 1 atom stereocenters. The molecule has 6 nitrogen and oxygen atoms in total. The van der Waals surface area contributed by atoms with Crippen molar-refractivity contribution < 1.29 is 28.6 Å². The highest BCUT2D eigenvalue weighted by molar-refractivity contribution is 5.71. The van der Waals surface area contributed by atoms with Crippen LogP contribution in [0.15, 0.2) is 109 Å². The van der Waals surface area contributed by atoms with Crippen molar-refractivity contribution in [3.05, 3.63) is 109 Å². The first-order valence-corrected chi connectivity index (χ1v) is 26.0. The Bertz CT molecular complexity index is 1340. The Labute approximate surface area is 393 Å². The van der Waals surface area contributed by atoms with Gasteiger partial charge in [-0.15, -0.1) is 0 Å². The largest absolute Gasteiger partial charge is 0.462 e. The number of ether oxygens (including phenoxy) is 3. The zero-order valence-corrected chi connectivity index (χ0v) is 41.3. The molecule has 0 saturated heterocycles. The second-order valence-electron chi connectivity index (χ2n) is 16.8. The molecule has 0 aromatic rings. The summed E-state index contributed by atoms with van der Waals surface area (Å²) in [4.78, 5) is 38.0. The number of hydrogen-bond acceptors (Lipinski definition) is 6. The first-order chi connectivity index (χ1) is 31.5. The topological polar surface area (TPSA) is 78.9 Å². The van der Waals surface area contributed by atoms with Crippen molar-refractivity contribution in [2.24, 2.45) is 0 Å². The molecule has 0 spiro atoms. The Hall–Kier alpha value is -3.93. The number of unbranched alkanes of at least 4 members (excludes halogenated alkanes) is 21. The van der Waals surface area contributed by atoms with E-state index in [0.29, 0.717) is 19.3 Å². The van der Waals surface area contributed by atoms with E-state index in [2.05, 4.69) is 75.5 Å². The van der Waals surface area contributed by atoms with Gasteiger partial charge in [0.05, 0.1) is 0 Å². The monoisotopic (exact) mass is 887 g/mol. The number of allylic oxidation sites excluding steroid dienone is 18. The zero-order valence-electron chi connectivity index (χ0n) is 41.3. The molecule has 64 heavy (non-hydrogen) atoms. The van der Waals surface area contributed by atoms with E-state index in [0.717, 1.165) is 70.6 Å². The maximum Gasteiger partial charge on any atom is 0.306 e. The minimum atomic E-state index is -0.813. The molecule has 6 heteroatoms. The van der Waals surface area contributed by atoms with E-state index in [-0.39, 0.29) is 37.5 Å². The summed E-state index contributed by atoms with van der Waals surface area (Å²) in [5.41, 5.74) is 0. The highest BCUT2D eigenvalue weighted by Crippen LogP contribution is 2.14. The summed E-state index contributed by atoms with van der Waals surface area (Å²) >= 11 is 0. The quantitative estimate of drug-likeness (QED) is 0.0199. The SMILES string of the molecule is CC/C=C/C=C/C=C/C=C/C=C/CCCC(=O)OCC(COC(=O)CCCCCCCCCCCC/C=C/C=C/CCCCC)OC(=O)CCCCCCCCC/C=C/C/C=C/CC. The van der Waals surface area contributed by atoms with E-state index in [1.807, 2.05) is 54.7 Å². The van der Waals surface area contributed by atoms with Crippen LogP contribution in [0.25, 0.3) is 0 Å². The summed E-state index contributed by atoms with van der Waals surface area (Å²) in [6.45, 7) is 6.28. The fraction of sp³-hybridized carbons (Fsp3) is 0.638. The third-order valence-electron chi connectivity index (χ3n) is 10.6. The van der Waals surface area contributed by atoms with Crippen molar-refractivity contribution in [2.45, 2.75) is 226 Å². The van der Waals surface area contributed by atoms with Crippen molar-refractivity contribution in [2.75, 3.05) is 13.2 Å². The summed E-state index contributed by atoms with van der Waals surface area (Å²) in [5, 5.41) is 0. The fourth-order valence-electron chi connectivity index (χ4n) is 6.79. The summed E-state index contributed by atoms with van der Waals surface area (Å²) in [5.74, 6) is -1.00. The van der Waals surface area contributed by atoms with Gasteiger partial charge in [0.25, 0.3) is 0 Å². The number of carbonyl (C=O) groups is 3. The fourth-order valence-corrected chi connectivity index (χ4v) is 6.79. The molecular formula is C58H94O6. The molecule has 362 valence electrons. The number of rotatable bonds is 45. The Balaban J connectivity index is 4.46. The summed E-state index contributed by atoms with van der Waals surface area (Å²) < 4.78 is 16.7. The minimum absolute atomic E-state index is 0.107. The highest BCUT2D eigenvalue weighted by Gasteiger charge is 2.19. The molecule has 0 radical (unpaired) electrons. The van der Waals surface area contributed by atoms with Gasteiger partial charge in [-0.3, -0.25) is 14.4 Å². The normalized spacial score (nSPS) is 13.0. The van der Waals surface area contributed by atoms with E-state index in [1.165, 1.54) is 103 Å². The van der Waals surface area contributed by atoms with Crippen LogP contribution in [0.2, 0.25) is 0 Å². The van der Waals surface area contributed by atoms with Gasteiger partial charge in [-0.2, -0.15) is 0 Å². The van der Waals surface area contributed by atoms with Crippen LogP contribution in [-0.4, -0.2) is 37.2 Å². The molecule has 0 amide bonds. The molecule has 0 rings (SSSR count). The first-order valence-electron chi connectivity index (χ1n) is 26.0. The van der Waals surface area contributed by atoms with Crippen LogP contribution in [0, 0.1) is 0 Å². The average Bonchev–Trinajstić information content (AvgIpc) is 3.29. The van der Waals surface area contributed by atoms with Crippen LogP contribution in [0.1, 0.15) is 220 Å². The van der Waals surface area contributed by atoms with Crippen LogP contribution in [0.3, 0.4) is 0 Å². The van der Waals surface area contributed by atoms with Crippen LogP contribution >= 0.6 is 0 Å². The van der Waals surface area contributed by atoms with Crippen LogP contribution < -0.4 is 0 Å². The van der Waals surface area contributed by atoms with Gasteiger partial charge in [-0.1, -0.05) is 226 Å². The van der Waals surface area contributed by atoms with Gasteiger partial charge in [-0.25, -0.2) is 0 Å². The van der Waals surface area contributed by atoms with Crippen molar-refractivity contribution >= 4 is 17.9 Å². The molecule has 0 aromatic heterocycles. The molecule has 0 aliphatic rings. The predicted octanol–water partition coefficient (Wildman–Crippen LogP) is 17.1. The lowest BCUT2D eigenvalue weighted by Gasteiger charge is -2.18. The average molecular weight is 887 g/mol. The summed E-state index contributed by atoms with van der Waals surface area (Å²) in [6.07, 6.45) is 69.4. The molecule has 0 bridgehead atoms. The smallest absolute Gasteiger partial charge is 0.306 e. The van der Waals surface area contributed by atoms with Crippen molar-refractivity contribution in [1.29, 1.82) is 0 Å². The van der Waals surface area contributed by atoms with Gasteiger partial charge >= 0.3 is 17.9 Å². The maximum absolute atomic E-state index is 12.8. The van der Waals surface area contributed by atoms with Gasteiger partial charge in [0.15, 0.2) is 6.10 Å². The molecule has 0 aliphatic heterocycles. The molecule has 1 unspecified atom stereocenters. The summed E-state index contributed by atoms with van der Waals surface area (Å²) in [6, 6.07) is 0. The molecule has 0 N–H and O–H groups in total. The van der Waals surface area contributed by atoms with Crippen LogP contribution in [-0.2, 0) is 28.6 Å². The second-order valence-corrected chi connectivity index (χ2v) is 16.8. The van der Waals surface area contributed by atoms with E-state index in [4.69, 9.17) is 14.2 Å². The van der Waals surface area contributed by atoms with Gasteiger partial charge in [0.2, 0.25) is 0 Å². The predicted molar refractivity (Wildman–Crippen MR) is 274 cm³/mol. The van der Waals surface area contributed by atoms with E-state index in [1.54, 1.807) is 0 Å². The third-order valence-corrected chi connectivity index (χ3v) is 10.6. The maximum atomic E-state index is 12.8. The molecule has 0 aromatic carbocycles.